The van der Waals surface area contributed by atoms with E-state index in [9.17, 15) is 0 Å². The van der Waals surface area contributed by atoms with Gasteiger partial charge < -0.3 is 21.2 Å². The fourth-order valence-electron chi connectivity index (χ4n) is 2.22. The average Bonchev–Trinajstić information content (AvgIpc) is 3.20. The van der Waals surface area contributed by atoms with Crippen LogP contribution in [0.1, 0.15) is 70.6 Å². The van der Waals surface area contributed by atoms with E-state index in [0.29, 0.717) is 0 Å². The zero-order valence-corrected chi connectivity index (χ0v) is 18.7. The number of rotatable bonds is 3. The van der Waals surface area contributed by atoms with Gasteiger partial charge in [0.2, 0.25) is 0 Å². The molecule has 0 spiro atoms. The Hall–Kier alpha value is -2.63. The number of hydrogen-bond acceptors (Lipinski definition) is 3. The molecule has 0 saturated heterocycles. The molecule has 2 fully saturated rings. The minimum absolute atomic E-state index is 0. The van der Waals surface area contributed by atoms with Crippen molar-refractivity contribution in [3.8, 4) is 0 Å². The van der Waals surface area contributed by atoms with Crippen LogP contribution in [-0.2, 0) is 28.3 Å². The molecule has 0 bridgehead atoms. The van der Waals surface area contributed by atoms with Crippen LogP contribution in [0.15, 0.2) is 37.0 Å². The molecule has 0 unspecified atom stereocenters. The van der Waals surface area contributed by atoms with Gasteiger partial charge in [0.15, 0.2) is 0 Å². The summed E-state index contributed by atoms with van der Waals surface area (Å²) >= 11 is 0. The number of hydrogen-bond donors (Lipinski definition) is 0. The summed E-state index contributed by atoms with van der Waals surface area (Å²) < 4.78 is 22.5. The molecule has 32 heavy (non-hydrogen) atoms. The molecule has 2 saturated carbocycles. The van der Waals surface area contributed by atoms with E-state index in [0.717, 1.165) is 5.92 Å². The van der Waals surface area contributed by atoms with Gasteiger partial charge in [0.25, 0.3) is 0 Å². The van der Waals surface area contributed by atoms with Gasteiger partial charge in [0.05, 0.1) is 0 Å². The van der Waals surface area contributed by atoms with E-state index in [2.05, 4.69) is 45.3 Å². The van der Waals surface area contributed by atoms with E-state index in [4.69, 9.17) is 28.3 Å². The summed E-state index contributed by atoms with van der Waals surface area (Å²) in [4.78, 5) is 24.2. The van der Waals surface area contributed by atoms with Crippen molar-refractivity contribution in [1.82, 2.24) is 0 Å². The Kier molecular flexibility index (Phi) is 102. The van der Waals surface area contributed by atoms with Crippen molar-refractivity contribution in [1.29, 1.82) is 0 Å². The first kappa shape index (κ1) is 51.8. The van der Waals surface area contributed by atoms with E-state index in [1.165, 1.54) is 76.2 Å². The monoisotopic (exact) mass is 458 g/mol. The predicted octanol–water partition coefficient (Wildman–Crippen LogP) is 2.85. The van der Waals surface area contributed by atoms with Crippen LogP contribution in [0.5, 0.6) is 0 Å². The third-order valence-electron chi connectivity index (χ3n) is 3.69. The molecule has 0 atom stereocenters. The summed E-state index contributed by atoms with van der Waals surface area (Å²) in [5.74, 6) is 1.08. The van der Waals surface area contributed by atoms with E-state index in [1.807, 2.05) is 12.9 Å². The van der Waals surface area contributed by atoms with Crippen LogP contribution < -0.4 is 0 Å². The van der Waals surface area contributed by atoms with Gasteiger partial charge in [-0.25, -0.2) is 0 Å². The van der Waals surface area contributed by atoms with Crippen molar-refractivity contribution in [2.45, 2.75) is 70.6 Å². The predicted molar refractivity (Wildman–Crippen MR) is 118 cm³/mol. The summed E-state index contributed by atoms with van der Waals surface area (Å²) in [7, 11) is 0. The topological polar surface area (TPSA) is 205 Å². The van der Waals surface area contributed by atoms with Crippen molar-refractivity contribution >= 4 is 12.9 Å². The molecular formula is C23H38O9. The molecule has 0 heterocycles. The Balaban J connectivity index is -0.0000000359. The second kappa shape index (κ2) is 63.0. The minimum atomic E-state index is 0. The molecule has 9 nitrogen and oxygen atoms in total. The van der Waals surface area contributed by atoms with Crippen LogP contribution >= 0.6 is 0 Å². The molecule has 0 aromatic carbocycles. The first-order chi connectivity index (χ1) is 14.2. The quantitative estimate of drug-likeness (QED) is 0.355. The molecule has 0 radical (unpaired) electrons. The van der Waals surface area contributed by atoms with Gasteiger partial charge in [-0.3, -0.25) is 0 Å². The van der Waals surface area contributed by atoms with Gasteiger partial charge in [-0.1, -0.05) is 43.2 Å². The molecule has 0 aromatic heterocycles. The third-order valence-corrected chi connectivity index (χ3v) is 3.69. The van der Waals surface area contributed by atoms with Crippen LogP contribution in [-0.4, -0.2) is 29.4 Å². The molecule has 3 aliphatic carbocycles. The Bertz CT molecular complexity index is 441. The standard InChI is InChI=1S/C7H12.C6H10.C5H8.CO2.CH2O.3CO.3H2O/c1-2-3-4-7-5-6-7;1-6-4-2-3-5-6;1-2-4-5-3-1;2-1-3;4*1-2;;;/h2,7H,1,3-6H2;1-5H2;1-2H,3-5H2;;1H2;;;;3*1H2. The molecule has 0 aromatic rings. The van der Waals surface area contributed by atoms with Gasteiger partial charge in [-0.15, -0.1) is 6.58 Å². The van der Waals surface area contributed by atoms with E-state index in [1.54, 1.807) is 0 Å². The fraction of sp³-hybridized carbons (Fsp3) is 0.522. The Morgan fingerprint density at radius 1 is 0.875 bits per heavy atom. The first-order valence-corrected chi connectivity index (χ1v) is 9.06. The van der Waals surface area contributed by atoms with Crippen LogP contribution in [0.3, 0.4) is 0 Å². The summed E-state index contributed by atoms with van der Waals surface area (Å²) in [6.45, 7) is 23.0. The molecule has 3 rings (SSSR count). The fourth-order valence-corrected chi connectivity index (χ4v) is 2.22. The Labute approximate surface area is 191 Å². The molecule has 9 heteroatoms. The van der Waals surface area contributed by atoms with Crippen molar-refractivity contribution < 1.29 is 44.8 Å². The molecule has 6 N–H and O–H groups in total. The molecule has 0 amide bonds. The van der Waals surface area contributed by atoms with Crippen LogP contribution in [0.4, 0.5) is 0 Å². The van der Waals surface area contributed by atoms with Crippen molar-refractivity contribution in [2.75, 3.05) is 0 Å². The van der Waals surface area contributed by atoms with Crippen molar-refractivity contribution in [3.63, 3.8) is 0 Å². The van der Waals surface area contributed by atoms with Crippen LogP contribution in [0.2, 0.25) is 0 Å². The molecule has 0 aliphatic heterocycles. The van der Waals surface area contributed by atoms with Gasteiger partial charge >= 0.3 is 40.1 Å². The van der Waals surface area contributed by atoms with E-state index in [-0.39, 0.29) is 22.6 Å². The summed E-state index contributed by atoms with van der Waals surface area (Å²) in [6, 6.07) is 0. The number of carbonyl (C=O) groups is 1. The van der Waals surface area contributed by atoms with Crippen molar-refractivity contribution in [3.05, 3.63) is 56.9 Å². The second-order valence-electron chi connectivity index (χ2n) is 5.75. The van der Waals surface area contributed by atoms with Gasteiger partial charge in [0.1, 0.15) is 6.79 Å². The summed E-state index contributed by atoms with van der Waals surface area (Å²) in [6.07, 6.45) is 21.7. The SMILES string of the molecule is C1=CCCC1.C=C1CCCC1.C=CCCC1CC1.C=O.O.O.O.O=C=O.[C-]#[O+].[C-]#[O+].[C-]#[O+]. The van der Waals surface area contributed by atoms with Gasteiger partial charge in [0, 0.05) is 0 Å². The average molecular weight is 459 g/mol. The molecule has 184 valence electrons. The number of allylic oxidation sites excluding steroid dienone is 4. The van der Waals surface area contributed by atoms with Crippen LogP contribution in [0, 0.1) is 25.9 Å². The normalized spacial score (nSPS) is 12.2. The van der Waals surface area contributed by atoms with Gasteiger partial charge in [-0.2, -0.15) is 9.59 Å². The van der Waals surface area contributed by atoms with E-state index < -0.39 is 0 Å². The Morgan fingerprint density at radius 3 is 1.38 bits per heavy atom. The van der Waals surface area contributed by atoms with E-state index >= 15 is 0 Å². The Morgan fingerprint density at radius 2 is 1.22 bits per heavy atom. The molecule has 3 aliphatic rings. The summed E-state index contributed by atoms with van der Waals surface area (Å²) in [5.41, 5.74) is 1.45. The first-order valence-electron chi connectivity index (χ1n) is 9.06. The zero-order chi connectivity index (χ0) is 23.8. The third kappa shape index (κ3) is 71.0. The zero-order valence-electron chi connectivity index (χ0n) is 18.7. The maximum atomic E-state index is 8.12. The van der Waals surface area contributed by atoms with Gasteiger partial charge in [-0.05, 0) is 63.7 Å². The second-order valence-corrected chi connectivity index (χ2v) is 5.75. The summed E-state index contributed by atoms with van der Waals surface area (Å²) in [5, 5.41) is 0. The maximum absolute atomic E-state index is 8.12. The van der Waals surface area contributed by atoms with Crippen LogP contribution in [0.25, 0.3) is 0 Å². The van der Waals surface area contributed by atoms with Crippen molar-refractivity contribution in [2.24, 2.45) is 5.92 Å². The molecular weight excluding hydrogens is 420 g/mol. The number of carbonyl (C=O) groups excluding carboxylic acids is 3.